The smallest absolute Gasteiger partial charge is 0.265 e. The Bertz CT molecular complexity index is 1370. The third-order valence-corrected chi connectivity index (χ3v) is 6.60. The number of halogens is 1. The Morgan fingerprint density at radius 2 is 1.86 bits per heavy atom. The largest absolute Gasteiger partial charge is 0.381 e. The molecule has 3 aromatic rings. The quantitative estimate of drug-likeness (QED) is 0.503. The van der Waals surface area contributed by atoms with Gasteiger partial charge < -0.3 is 20.9 Å². The van der Waals surface area contributed by atoms with Gasteiger partial charge in [0.2, 0.25) is 5.91 Å². The average Bonchev–Trinajstić information content (AvgIpc) is 2.83. The number of likely N-dealkylation sites (tertiary alicyclic amines) is 1. The number of rotatable bonds is 5. The molecule has 1 aromatic carbocycles. The van der Waals surface area contributed by atoms with Crippen LogP contribution in [0.2, 0.25) is 5.02 Å². The van der Waals surface area contributed by atoms with E-state index in [1.807, 2.05) is 12.1 Å². The van der Waals surface area contributed by atoms with Crippen molar-refractivity contribution in [2.75, 3.05) is 36.8 Å². The van der Waals surface area contributed by atoms with Crippen molar-refractivity contribution in [3.63, 3.8) is 0 Å². The molecular formula is C25H27ClN6O3. The second kappa shape index (κ2) is 8.88. The van der Waals surface area contributed by atoms with Crippen molar-refractivity contribution < 1.29 is 9.59 Å². The summed E-state index contributed by atoms with van der Waals surface area (Å²) < 4.78 is 1.32. The summed E-state index contributed by atoms with van der Waals surface area (Å²) in [6.45, 7) is 6.93. The first-order chi connectivity index (χ1) is 16.7. The number of fused-ring (bicyclic) bond motifs is 3. The number of carbonyl (C=O) groups is 2. The molecule has 2 aliphatic rings. The van der Waals surface area contributed by atoms with E-state index in [2.05, 4.69) is 34.8 Å². The molecule has 0 unspecified atom stereocenters. The van der Waals surface area contributed by atoms with Crippen LogP contribution in [0.15, 0.2) is 41.3 Å². The maximum atomic E-state index is 13.5. The number of aromatic nitrogens is 2. The summed E-state index contributed by atoms with van der Waals surface area (Å²) in [5.41, 5.74) is 2.26. The highest BCUT2D eigenvalue weighted by Gasteiger charge is 2.37. The summed E-state index contributed by atoms with van der Waals surface area (Å²) in [7, 11) is 0. The first-order valence-corrected chi connectivity index (χ1v) is 11.9. The van der Waals surface area contributed by atoms with Gasteiger partial charge in [0.1, 0.15) is 17.8 Å². The summed E-state index contributed by atoms with van der Waals surface area (Å²) in [6, 6.07) is 8.67. The molecule has 0 radical (unpaired) electrons. The number of pyridine rings is 2. The fraction of sp³-hybridized carbons (Fsp3) is 0.360. The van der Waals surface area contributed by atoms with Gasteiger partial charge in [-0.15, -0.1) is 0 Å². The molecule has 1 saturated heterocycles. The zero-order valence-corrected chi connectivity index (χ0v) is 20.4. The predicted octanol–water partition coefficient (Wildman–Crippen LogP) is 2.69. The Balaban J connectivity index is 1.52. The highest BCUT2D eigenvalue weighted by atomic mass is 35.5. The molecule has 3 N–H and O–H groups in total. The number of anilines is 2. The van der Waals surface area contributed by atoms with Crippen molar-refractivity contribution >= 4 is 45.8 Å². The summed E-state index contributed by atoms with van der Waals surface area (Å²) in [5.74, 6) is -0.684. The molecule has 0 bridgehead atoms. The first-order valence-electron chi connectivity index (χ1n) is 11.6. The average molecular weight is 495 g/mol. The van der Waals surface area contributed by atoms with Gasteiger partial charge in [0.25, 0.3) is 11.5 Å². The normalized spacial score (nSPS) is 16.0. The van der Waals surface area contributed by atoms with Gasteiger partial charge in [0.15, 0.2) is 0 Å². The second-order valence-electron chi connectivity index (χ2n) is 9.81. The zero-order valence-electron chi connectivity index (χ0n) is 19.7. The molecule has 0 atom stereocenters. The Hall–Kier alpha value is -3.59. The number of carbonyl (C=O) groups excluding carboxylic acids is 2. The van der Waals surface area contributed by atoms with Crippen LogP contribution in [-0.2, 0) is 17.9 Å². The minimum Gasteiger partial charge on any atom is -0.381 e. The van der Waals surface area contributed by atoms with Crippen molar-refractivity contribution in [2.45, 2.75) is 26.9 Å². The fourth-order valence-electron chi connectivity index (χ4n) is 4.61. The van der Waals surface area contributed by atoms with Crippen LogP contribution in [0.1, 0.15) is 29.8 Å². The van der Waals surface area contributed by atoms with Gasteiger partial charge in [0, 0.05) is 43.1 Å². The van der Waals surface area contributed by atoms with Crippen molar-refractivity contribution in [3.05, 3.63) is 63.0 Å². The van der Waals surface area contributed by atoms with Crippen molar-refractivity contribution in [1.29, 1.82) is 0 Å². The number of benzene rings is 1. The van der Waals surface area contributed by atoms with Gasteiger partial charge >= 0.3 is 0 Å². The van der Waals surface area contributed by atoms with E-state index in [9.17, 15) is 14.4 Å². The van der Waals surface area contributed by atoms with Crippen LogP contribution in [-0.4, -0.2) is 52.4 Å². The number of nitrogens with zero attached hydrogens (tertiary/aromatic N) is 3. The van der Waals surface area contributed by atoms with Crippen LogP contribution in [0.5, 0.6) is 0 Å². The van der Waals surface area contributed by atoms with Crippen LogP contribution in [0, 0.1) is 5.41 Å². The lowest BCUT2D eigenvalue weighted by molar-refractivity contribution is -0.142. The van der Waals surface area contributed by atoms with E-state index in [1.165, 1.54) is 4.57 Å². The molecule has 2 aromatic heterocycles. The van der Waals surface area contributed by atoms with Crippen LogP contribution >= 0.6 is 11.6 Å². The van der Waals surface area contributed by atoms with Gasteiger partial charge in [-0.2, -0.15) is 0 Å². The van der Waals surface area contributed by atoms with Crippen molar-refractivity contribution in [3.8, 4) is 0 Å². The van der Waals surface area contributed by atoms with Gasteiger partial charge in [-0.1, -0.05) is 37.6 Å². The molecule has 182 valence electrons. The Morgan fingerprint density at radius 1 is 1.14 bits per heavy atom. The molecule has 2 amide bonds. The van der Waals surface area contributed by atoms with Gasteiger partial charge in [0.05, 0.1) is 17.6 Å². The van der Waals surface area contributed by atoms with E-state index in [1.54, 1.807) is 29.3 Å². The van der Waals surface area contributed by atoms with Gasteiger partial charge in [-0.05, 0) is 29.2 Å². The van der Waals surface area contributed by atoms with E-state index in [4.69, 9.17) is 11.6 Å². The second-order valence-corrected chi connectivity index (χ2v) is 10.2. The maximum absolute atomic E-state index is 13.5. The summed E-state index contributed by atoms with van der Waals surface area (Å²) in [4.78, 5) is 45.8. The number of nitrogens with one attached hydrogen (secondary N) is 3. The van der Waals surface area contributed by atoms with E-state index >= 15 is 0 Å². The standard InChI is InChI=1S/C25H27ClN6O3/c1-25(2)13-31(14-25)20(33)12-32-22-17(21-19(11-29-22)27-7-8-28-21)9-18(24(32)35)23(34)30-10-15-3-5-16(26)6-4-15/h3-6,9,11,27-28H,7-8,10,12-14H2,1-2H3,(H,30,34). The minimum atomic E-state index is -0.546. The Labute approximate surface area is 207 Å². The highest BCUT2D eigenvalue weighted by Crippen LogP contribution is 2.32. The van der Waals surface area contributed by atoms with Crippen molar-refractivity contribution in [1.82, 2.24) is 19.8 Å². The highest BCUT2D eigenvalue weighted by molar-refractivity contribution is 6.30. The van der Waals surface area contributed by atoms with E-state index in [0.717, 1.165) is 23.5 Å². The molecule has 5 rings (SSSR count). The molecular weight excluding hydrogens is 468 g/mol. The molecule has 10 heteroatoms. The summed E-state index contributed by atoms with van der Waals surface area (Å²) >= 11 is 5.94. The van der Waals surface area contributed by atoms with E-state index in [0.29, 0.717) is 35.7 Å². The fourth-order valence-corrected chi connectivity index (χ4v) is 4.74. The van der Waals surface area contributed by atoms with Crippen LogP contribution < -0.4 is 21.5 Å². The maximum Gasteiger partial charge on any atom is 0.265 e. The molecule has 9 nitrogen and oxygen atoms in total. The monoisotopic (exact) mass is 494 g/mol. The summed E-state index contributed by atoms with van der Waals surface area (Å²) in [6.07, 6.45) is 1.65. The SMILES string of the molecule is CC1(C)CN(C(=O)Cn2c(=O)c(C(=O)NCc3ccc(Cl)cc3)cc3c4c(cnc32)NCCN4)C1. The van der Waals surface area contributed by atoms with Crippen LogP contribution in [0.25, 0.3) is 11.0 Å². The lowest BCUT2D eigenvalue weighted by Gasteiger charge is -2.45. The number of hydrogen-bond acceptors (Lipinski definition) is 6. The molecule has 0 saturated carbocycles. The Kier molecular flexibility index (Phi) is 5.88. The predicted molar refractivity (Wildman–Crippen MR) is 136 cm³/mol. The van der Waals surface area contributed by atoms with Crippen LogP contribution in [0.3, 0.4) is 0 Å². The molecule has 35 heavy (non-hydrogen) atoms. The lowest BCUT2D eigenvalue weighted by Crippen LogP contribution is -2.56. The van der Waals surface area contributed by atoms with E-state index < -0.39 is 11.5 Å². The molecule has 0 aliphatic carbocycles. The Morgan fingerprint density at radius 3 is 2.57 bits per heavy atom. The number of hydrogen-bond donors (Lipinski definition) is 3. The first kappa shape index (κ1) is 23.2. The molecule has 4 heterocycles. The summed E-state index contributed by atoms with van der Waals surface area (Å²) in [5, 5.41) is 10.6. The molecule has 0 spiro atoms. The molecule has 2 aliphatic heterocycles. The van der Waals surface area contributed by atoms with Gasteiger partial charge in [-0.3, -0.25) is 19.0 Å². The van der Waals surface area contributed by atoms with E-state index in [-0.39, 0.29) is 30.0 Å². The third-order valence-electron chi connectivity index (χ3n) is 6.35. The lowest BCUT2D eigenvalue weighted by atomic mass is 9.84. The number of amides is 2. The molecule has 1 fully saturated rings. The third kappa shape index (κ3) is 4.55. The van der Waals surface area contributed by atoms with Crippen molar-refractivity contribution in [2.24, 2.45) is 5.41 Å². The zero-order chi connectivity index (χ0) is 24.7. The van der Waals surface area contributed by atoms with Crippen LogP contribution in [0.4, 0.5) is 11.4 Å². The minimum absolute atomic E-state index is 0.0363. The van der Waals surface area contributed by atoms with Gasteiger partial charge in [-0.25, -0.2) is 4.98 Å². The topological polar surface area (TPSA) is 108 Å².